The number of fused-ring (bicyclic) bond motifs is 3. The van der Waals surface area contributed by atoms with Gasteiger partial charge in [-0.25, -0.2) is 4.79 Å². The maximum Gasteiger partial charge on any atom is 0.329 e. The number of amides is 1. The molecule has 3 heterocycles. The van der Waals surface area contributed by atoms with Gasteiger partial charge in [0, 0.05) is 52.0 Å². The second-order valence-corrected chi connectivity index (χ2v) is 35.6. The molecule has 4 aliphatic rings. The Bertz CT molecular complexity index is 1890. The summed E-state index contributed by atoms with van der Waals surface area (Å²) in [7, 11) is 0.0623. The van der Waals surface area contributed by atoms with Crippen molar-refractivity contribution in [3.05, 3.63) is 23.3 Å². The molecule has 0 radical (unpaired) electrons. The maximum absolute atomic E-state index is 15.2. The third kappa shape index (κ3) is 14.7. The molecule has 1 aliphatic carbocycles. The third-order valence-electron chi connectivity index (χ3n) is 18.2. The molecule has 420 valence electrons. The topological polar surface area (TPSA) is 156 Å². The van der Waals surface area contributed by atoms with Crippen LogP contribution < -0.4 is 0 Å². The Balaban J connectivity index is 1.95. The molecule has 0 aromatic rings. The zero-order valence-corrected chi connectivity index (χ0v) is 51.3. The minimum Gasteiger partial charge on any atom is -0.456 e. The highest BCUT2D eigenvalue weighted by Gasteiger charge is 2.57. The Morgan fingerprint density at radius 3 is 1.96 bits per heavy atom. The molecule has 2 saturated heterocycles. The van der Waals surface area contributed by atoms with E-state index in [1.807, 2.05) is 6.92 Å². The van der Waals surface area contributed by atoms with Crippen LogP contribution in [0.15, 0.2) is 23.3 Å². The summed E-state index contributed by atoms with van der Waals surface area (Å²) in [5.41, 5.74) is 2.55. The number of carbonyl (C=O) groups excluding carboxylic acids is 4. The summed E-state index contributed by atoms with van der Waals surface area (Å²) in [4.78, 5) is 61.0. The van der Waals surface area contributed by atoms with Crippen LogP contribution in [0.3, 0.4) is 0 Å². The van der Waals surface area contributed by atoms with Crippen LogP contribution in [-0.2, 0) is 51.7 Å². The predicted molar refractivity (Wildman–Crippen MR) is 294 cm³/mol. The summed E-state index contributed by atoms with van der Waals surface area (Å²) in [5.74, 6) is -6.72. The molecule has 13 nitrogen and oxygen atoms in total. The Kier molecular flexibility index (Phi) is 23.0. The first kappa shape index (κ1) is 63.4. The van der Waals surface area contributed by atoms with E-state index in [1.165, 1.54) is 4.90 Å². The van der Waals surface area contributed by atoms with Crippen molar-refractivity contribution in [1.29, 1.82) is 0 Å². The summed E-state index contributed by atoms with van der Waals surface area (Å²) in [5, 5.41) is 12.4. The minimum absolute atomic E-state index is 0.00513. The number of hydrogen-bond acceptors (Lipinski definition) is 12. The number of ketones is 2. The fraction of sp³-hybridized carbons (Fsp3) is 0.862. The van der Waals surface area contributed by atoms with Crippen molar-refractivity contribution in [3.63, 3.8) is 0 Å². The Hall–Kier alpha value is -2.09. The number of rotatable bonds is 13. The van der Waals surface area contributed by atoms with Crippen LogP contribution in [-0.4, -0.2) is 133 Å². The molecule has 0 aromatic carbocycles. The predicted octanol–water partition coefficient (Wildman–Crippen LogP) is 11.7. The van der Waals surface area contributed by atoms with Gasteiger partial charge < -0.3 is 42.5 Å². The van der Waals surface area contributed by atoms with Gasteiger partial charge in [0.25, 0.3) is 11.7 Å². The molecular weight excluding hydrogens is 959 g/mol. The first-order valence-electron chi connectivity index (χ1n) is 28.2. The highest BCUT2D eigenvalue weighted by molar-refractivity contribution is 6.77. The lowest BCUT2D eigenvalue weighted by Gasteiger charge is -2.47. The van der Waals surface area contributed by atoms with Crippen LogP contribution in [0.25, 0.3) is 0 Å². The van der Waals surface area contributed by atoms with E-state index in [0.29, 0.717) is 32.1 Å². The number of ether oxygens (including phenoxy) is 5. The fourth-order valence-corrected chi connectivity index (χ4v) is 19.9. The summed E-state index contributed by atoms with van der Waals surface area (Å²) in [6.45, 7) is 36.8. The molecule has 14 unspecified atom stereocenters. The lowest BCUT2D eigenvalue weighted by molar-refractivity contribution is -0.302. The molecule has 73 heavy (non-hydrogen) atoms. The Labute approximate surface area is 444 Å². The van der Waals surface area contributed by atoms with E-state index in [9.17, 15) is 14.7 Å². The number of Topliss-reactive ketones (excluding diaryl/α,β-unsaturated/α-hetero) is 2. The number of aliphatic hydroxyl groups is 1. The first-order valence-corrected chi connectivity index (χ1v) is 33.3. The molecular formula is C58H103NO12Si2. The van der Waals surface area contributed by atoms with Crippen molar-refractivity contribution in [2.24, 2.45) is 29.6 Å². The van der Waals surface area contributed by atoms with E-state index in [4.69, 9.17) is 32.5 Å². The van der Waals surface area contributed by atoms with Crippen LogP contribution in [0.1, 0.15) is 174 Å². The summed E-state index contributed by atoms with van der Waals surface area (Å²) in [6.07, 6.45) is 6.68. The van der Waals surface area contributed by atoms with Gasteiger partial charge in [-0.1, -0.05) is 108 Å². The molecule has 14 atom stereocenters. The van der Waals surface area contributed by atoms with Gasteiger partial charge in [-0.3, -0.25) is 14.4 Å². The number of piperidine rings is 1. The summed E-state index contributed by atoms with van der Waals surface area (Å²) >= 11 is 0. The van der Waals surface area contributed by atoms with Crippen molar-refractivity contribution in [2.45, 2.75) is 264 Å². The van der Waals surface area contributed by atoms with Crippen molar-refractivity contribution in [1.82, 2.24) is 4.90 Å². The average molecular weight is 1060 g/mol. The molecule has 3 aliphatic heterocycles. The van der Waals surface area contributed by atoms with Gasteiger partial charge >= 0.3 is 5.97 Å². The van der Waals surface area contributed by atoms with E-state index < -0.39 is 88.5 Å². The first-order chi connectivity index (χ1) is 33.9. The zero-order valence-electron chi connectivity index (χ0n) is 49.3. The van der Waals surface area contributed by atoms with Gasteiger partial charge in [0.15, 0.2) is 8.32 Å². The van der Waals surface area contributed by atoms with Crippen LogP contribution in [0.4, 0.5) is 0 Å². The van der Waals surface area contributed by atoms with Crippen molar-refractivity contribution in [3.8, 4) is 0 Å². The van der Waals surface area contributed by atoms with Gasteiger partial charge in [-0.2, -0.15) is 0 Å². The largest absolute Gasteiger partial charge is 0.456 e. The third-order valence-corrected chi connectivity index (χ3v) is 28.8. The van der Waals surface area contributed by atoms with E-state index >= 15 is 9.59 Å². The average Bonchev–Trinajstić information content (AvgIpc) is 3.31. The number of methoxy groups -OCH3 is 3. The van der Waals surface area contributed by atoms with Gasteiger partial charge in [0.2, 0.25) is 14.1 Å². The number of cyclic esters (lactones) is 1. The quantitative estimate of drug-likeness (QED) is 0.0807. The lowest BCUT2D eigenvalue weighted by atomic mass is 9.81. The van der Waals surface area contributed by atoms with Gasteiger partial charge in [0.1, 0.15) is 24.0 Å². The van der Waals surface area contributed by atoms with E-state index in [1.54, 1.807) is 28.3 Å². The number of hydrogen-bond donors (Lipinski definition) is 1. The Morgan fingerprint density at radius 2 is 1.41 bits per heavy atom. The second kappa shape index (κ2) is 26.5. The van der Waals surface area contributed by atoms with Crippen LogP contribution >= 0.6 is 0 Å². The SMILES string of the molecule is CCC1C=C(C)CC(C)CC(OC)C2OC(O)(C(=O)C(=O)N3CCCCC3C(=O)OC(C(C)=CC3CCC(OC)C(O[Si](C)(C)C(C)(C)C)C3)C(C)C(O[Si](C(C)C)(C(C)C)C(C)C)CC1=O)C(C)CC2OC. The molecule has 2 bridgehead atoms. The number of nitrogens with zero attached hydrogens (tertiary/aromatic N) is 1. The Morgan fingerprint density at radius 1 is 0.822 bits per heavy atom. The van der Waals surface area contributed by atoms with Crippen LogP contribution in [0.5, 0.6) is 0 Å². The van der Waals surface area contributed by atoms with Crippen molar-refractivity contribution < 1.29 is 56.8 Å². The highest BCUT2D eigenvalue weighted by Crippen LogP contribution is 2.46. The van der Waals surface area contributed by atoms with Gasteiger partial charge in [-0.15, -0.1) is 0 Å². The summed E-state index contributed by atoms with van der Waals surface area (Å²) < 4.78 is 46.1. The number of esters is 1. The highest BCUT2D eigenvalue weighted by atomic mass is 28.4. The zero-order chi connectivity index (χ0) is 55.1. The minimum atomic E-state index is -2.66. The molecule has 15 heteroatoms. The summed E-state index contributed by atoms with van der Waals surface area (Å²) in [6, 6.07) is -1.10. The normalized spacial score (nSPS) is 35.0. The van der Waals surface area contributed by atoms with E-state index in [0.717, 1.165) is 30.4 Å². The lowest BCUT2D eigenvalue weighted by Crippen LogP contribution is -2.64. The second-order valence-electron chi connectivity index (χ2n) is 25.4. The van der Waals surface area contributed by atoms with Gasteiger partial charge in [0.05, 0.1) is 30.5 Å². The molecule has 1 N–H and O–H groups in total. The number of carbonyl (C=O) groups is 4. The molecule has 0 aromatic heterocycles. The molecule has 4 rings (SSSR count). The van der Waals surface area contributed by atoms with Gasteiger partial charge in [-0.05, 0) is 130 Å². The van der Waals surface area contributed by atoms with Crippen molar-refractivity contribution in [2.75, 3.05) is 27.9 Å². The van der Waals surface area contributed by atoms with E-state index in [-0.39, 0.29) is 83.2 Å². The van der Waals surface area contributed by atoms with E-state index in [2.05, 4.69) is 115 Å². The van der Waals surface area contributed by atoms with Crippen LogP contribution in [0.2, 0.25) is 34.8 Å². The number of allylic oxidation sites excluding steroid dienone is 3. The van der Waals surface area contributed by atoms with Crippen LogP contribution in [0, 0.1) is 29.6 Å². The molecule has 0 spiro atoms. The standard InChI is InChI=1S/C58H103NO12Si2/c1-21-44-29-38(8)28-39(9)30-50(66-17)53-51(67-18)32-41(11)58(64,69-53)54(61)55(62)59-27-23-22-24-45(59)56(63)68-52(42(12)48(34-46(44)60)71-73(35(2)3,36(4)5)37(6)7)40(10)31-43-25-26-47(65-16)49(33-43)70-72(19,20)57(13,14)15/h29,31,35-37,39,41-45,47-53,64H,21-28,30,32-34H2,1-20H3. The molecule has 3 fully saturated rings. The molecule has 1 amide bonds. The van der Waals surface area contributed by atoms with Crippen molar-refractivity contribution >= 4 is 40.1 Å². The fourth-order valence-electron chi connectivity index (χ4n) is 12.9. The monoisotopic (exact) mass is 1060 g/mol. The molecule has 1 saturated carbocycles. The maximum atomic E-state index is 15.2. The smallest absolute Gasteiger partial charge is 0.329 e.